The zero-order valence-corrected chi connectivity index (χ0v) is 17.6. The third kappa shape index (κ3) is 4.95. The van der Waals surface area contributed by atoms with Gasteiger partial charge in [-0.15, -0.1) is 0 Å². The molecule has 0 unspecified atom stereocenters. The minimum Gasteiger partial charge on any atom is -0.475 e. The van der Waals surface area contributed by atoms with Crippen LogP contribution in [-0.2, 0) is 11.3 Å². The van der Waals surface area contributed by atoms with E-state index in [1.165, 1.54) is 0 Å². The number of nitrogens with one attached hydrogen (secondary N) is 1. The molecule has 5 aromatic rings. The second kappa shape index (κ2) is 9.17. The molecule has 1 aromatic carbocycles. The Morgan fingerprint density at radius 2 is 1.97 bits per heavy atom. The van der Waals surface area contributed by atoms with Crippen LogP contribution in [0.25, 0.3) is 33.9 Å². The van der Waals surface area contributed by atoms with E-state index in [2.05, 4.69) is 41.8 Å². The van der Waals surface area contributed by atoms with Gasteiger partial charge in [-0.3, -0.25) is 4.98 Å². The van der Waals surface area contributed by atoms with Crippen molar-refractivity contribution in [3.63, 3.8) is 0 Å². The van der Waals surface area contributed by atoms with Crippen molar-refractivity contribution in [3.05, 3.63) is 72.6 Å². The van der Waals surface area contributed by atoms with Gasteiger partial charge in [0, 0.05) is 47.8 Å². The molecule has 9 nitrogen and oxygen atoms in total. The minimum atomic E-state index is -5.08. The maximum absolute atomic E-state index is 10.6. The highest BCUT2D eigenvalue weighted by molar-refractivity contribution is 5.90. The van der Waals surface area contributed by atoms with E-state index < -0.39 is 12.1 Å². The summed E-state index contributed by atoms with van der Waals surface area (Å²) in [5, 5.41) is 12.2. The van der Waals surface area contributed by atoms with Crippen molar-refractivity contribution in [2.75, 3.05) is 0 Å². The molecule has 0 aliphatic heterocycles. The molecule has 5 rings (SSSR count). The number of nitrogens with zero attached hydrogens (tertiary/aromatic N) is 5. The molecule has 0 saturated heterocycles. The fourth-order valence-electron chi connectivity index (χ4n) is 3.17. The minimum absolute atomic E-state index is 0.408. The first-order chi connectivity index (χ1) is 16.2. The molecule has 2 N–H and O–H groups in total. The van der Waals surface area contributed by atoms with Gasteiger partial charge < -0.3 is 19.2 Å². The second-order valence-electron chi connectivity index (χ2n) is 7.13. The molecular formula is C22H17F3N6O3. The number of imidazole rings is 1. The lowest BCUT2D eigenvalue weighted by Gasteiger charge is -2.06. The molecule has 0 aliphatic rings. The first-order valence-corrected chi connectivity index (χ1v) is 9.85. The van der Waals surface area contributed by atoms with Crippen LogP contribution in [-0.4, -0.2) is 46.9 Å². The van der Waals surface area contributed by atoms with Crippen molar-refractivity contribution in [1.82, 2.24) is 29.7 Å². The number of fused-ring (bicyclic) bond motifs is 1. The van der Waals surface area contributed by atoms with Gasteiger partial charge in [-0.2, -0.15) is 18.2 Å². The topological polar surface area (TPSA) is 123 Å². The molecule has 0 saturated carbocycles. The van der Waals surface area contributed by atoms with E-state index in [4.69, 9.17) is 14.4 Å². The molecule has 0 spiro atoms. The number of aromatic nitrogens is 6. The molecule has 0 bridgehead atoms. The van der Waals surface area contributed by atoms with Gasteiger partial charge >= 0.3 is 12.1 Å². The lowest BCUT2D eigenvalue weighted by atomic mass is 10.1. The number of hydrogen-bond donors (Lipinski definition) is 2. The summed E-state index contributed by atoms with van der Waals surface area (Å²) >= 11 is 0. The lowest BCUT2D eigenvalue weighted by molar-refractivity contribution is -0.192. The second-order valence-corrected chi connectivity index (χ2v) is 7.13. The van der Waals surface area contributed by atoms with Crippen molar-refractivity contribution >= 4 is 16.9 Å². The van der Waals surface area contributed by atoms with Crippen molar-refractivity contribution in [3.8, 4) is 23.0 Å². The highest BCUT2D eigenvalue weighted by Gasteiger charge is 2.38. The monoisotopic (exact) mass is 470 g/mol. The lowest BCUT2D eigenvalue weighted by Crippen LogP contribution is -2.21. The molecule has 0 fully saturated rings. The van der Waals surface area contributed by atoms with Crippen molar-refractivity contribution in [2.24, 2.45) is 0 Å². The van der Waals surface area contributed by atoms with Crippen LogP contribution in [0.4, 0.5) is 13.2 Å². The average Bonchev–Trinajstić information content (AvgIpc) is 3.55. The average molecular weight is 470 g/mol. The van der Waals surface area contributed by atoms with E-state index in [-0.39, 0.29) is 0 Å². The van der Waals surface area contributed by atoms with Crippen LogP contribution in [0.2, 0.25) is 0 Å². The number of carbonyl (C=O) groups is 1. The number of carboxylic acids is 1. The smallest absolute Gasteiger partial charge is 0.475 e. The van der Waals surface area contributed by atoms with Gasteiger partial charge in [0.2, 0.25) is 5.82 Å². The maximum Gasteiger partial charge on any atom is 0.490 e. The summed E-state index contributed by atoms with van der Waals surface area (Å²) < 4.78 is 39.3. The first-order valence-electron chi connectivity index (χ1n) is 9.85. The summed E-state index contributed by atoms with van der Waals surface area (Å²) in [5.74, 6) is -0.824. The number of carboxylic acid groups (broad SMARTS) is 1. The third-order valence-electron chi connectivity index (χ3n) is 4.81. The van der Waals surface area contributed by atoms with Crippen LogP contribution in [0.3, 0.4) is 0 Å². The van der Waals surface area contributed by atoms with Crippen LogP contribution < -0.4 is 0 Å². The van der Waals surface area contributed by atoms with Gasteiger partial charge in [-0.05, 0) is 30.7 Å². The Hall–Kier alpha value is -4.48. The highest BCUT2D eigenvalue weighted by atomic mass is 19.4. The number of alkyl halides is 3. The molecule has 0 atom stereocenters. The number of aliphatic carboxylic acids is 1. The molecular weight excluding hydrogens is 453 g/mol. The van der Waals surface area contributed by atoms with Gasteiger partial charge in [-0.25, -0.2) is 9.78 Å². The Labute approximate surface area is 189 Å². The van der Waals surface area contributed by atoms with Crippen LogP contribution in [0, 0.1) is 6.92 Å². The Balaban J connectivity index is 0.000000344. The van der Waals surface area contributed by atoms with Crippen LogP contribution in [0.15, 0.2) is 65.7 Å². The summed E-state index contributed by atoms with van der Waals surface area (Å²) in [4.78, 5) is 25.3. The maximum atomic E-state index is 10.6. The summed E-state index contributed by atoms with van der Waals surface area (Å²) in [6, 6.07) is 12.0. The van der Waals surface area contributed by atoms with Crippen LogP contribution in [0.5, 0.6) is 0 Å². The Morgan fingerprint density at radius 3 is 2.68 bits per heavy atom. The van der Waals surface area contributed by atoms with Gasteiger partial charge in [0.1, 0.15) is 11.5 Å². The number of H-pyrrole nitrogens is 1. The van der Waals surface area contributed by atoms with Crippen molar-refractivity contribution in [1.29, 1.82) is 0 Å². The molecule has 4 heterocycles. The first kappa shape index (κ1) is 22.7. The van der Waals surface area contributed by atoms with E-state index in [1.807, 2.05) is 43.6 Å². The predicted octanol–water partition coefficient (Wildman–Crippen LogP) is 4.47. The molecule has 0 amide bonds. The number of benzene rings is 1. The standard InChI is InChI=1S/C20H16N6O.C2HF3O2/c1-13-21-9-10-26(13)12-14-3-2-4-15(11-14)19-24-20(27-25-19)18-16-5-7-22-17(16)6-8-23-18;3-2(4,5)1(6)7/h2-11,22H,12H2,1H3;(H,6,7). The zero-order chi connectivity index (χ0) is 24.3. The highest BCUT2D eigenvalue weighted by Crippen LogP contribution is 2.27. The predicted molar refractivity (Wildman–Crippen MR) is 115 cm³/mol. The van der Waals surface area contributed by atoms with E-state index in [0.717, 1.165) is 34.4 Å². The number of rotatable bonds is 4. The van der Waals surface area contributed by atoms with E-state index >= 15 is 0 Å². The Morgan fingerprint density at radius 1 is 1.18 bits per heavy atom. The summed E-state index contributed by atoms with van der Waals surface area (Å²) in [5.41, 5.74) is 3.71. The number of aromatic amines is 1. The molecule has 34 heavy (non-hydrogen) atoms. The number of halogens is 3. The fraction of sp³-hybridized carbons (Fsp3) is 0.136. The molecule has 4 aromatic heterocycles. The van der Waals surface area contributed by atoms with Gasteiger partial charge in [0.25, 0.3) is 5.89 Å². The SMILES string of the molecule is Cc1nccn1Cc1cccc(-c2noc(-c3nccc4[nH]ccc34)n2)c1.O=C(O)C(F)(F)F. The van der Waals surface area contributed by atoms with E-state index in [1.54, 1.807) is 12.4 Å². The largest absolute Gasteiger partial charge is 0.490 e. The molecule has 174 valence electrons. The molecule has 0 radical (unpaired) electrons. The van der Waals surface area contributed by atoms with E-state index in [9.17, 15) is 13.2 Å². The van der Waals surface area contributed by atoms with Crippen molar-refractivity contribution in [2.45, 2.75) is 19.6 Å². The third-order valence-corrected chi connectivity index (χ3v) is 4.81. The summed E-state index contributed by atoms with van der Waals surface area (Å²) in [6.45, 7) is 2.73. The Bertz CT molecular complexity index is 1440. The number of pyridine rings is 1. The Kier molecular flexibility index (Phi) is 6.13. The van der Waals surface area contributed by atoms with Crippen molar-refractivity contribution < 1.29 is 27.6 Å². The number of hydrogen-bond acceptors (Lipinski definition) is 6. The van der Waals surface area contributed by atoms with Gasteiger partial charge in [0.05, 0.1) is 0 Å². The van der Waals surface area contributed by atoms with E-state index in [0.29, 0.717) is 17.4 Å². The normalized spacial score (nSPS) is 11.3. The van der Waals surface area contributed by atoms with Crippen LogP contribution in [0.1, 0.15) is 11.4 Å². The quantitative estimate of drug-likeness (QED) is 0.397. The summed E-state index contributed by atoms with van der Waals surface area (Å²) in [7, 11) is 0. The number of aryl methyl sites for hydroxylation is 1. The zero-order valence-electron chi connectivity index (χ0n) is 17.6. The molecule has 12 heteroatoms. The summed E-state index contributed by atoms with van der Waals surface area (Å²) in [6.07, 6.45) is 2.29. The van der Waals surface area contributed by atoms with Crippen LogP contribution >= 0.6 is 0 Å². The molecule has 0 aliphatic carbocycles. The van der Waals surface area contributed by atoms with Gasteiger partial charge in [0.15, 0.2) is 0 Å². The van der Waals surface area contributed by atoms with Gasteiger partial charge in [-0.1, -0.05) is 23.4 Å². The fourth-order valence-corrected chi connectivity index (χ4v) is 3.17.